The normalized spacial score (nSPS) is 14.9. The minimum atomic E-state index is -0.641. The zero-order chi connectivity index (χ0) is 29.2. The maximum atomic E-state index is 13.2. The van der Waals surface area contributed by atoms with Gasteiger partial charge in [0.25, 0.3) is 0 Å². The van der Waals surface area contributed by atoms with Gasteiger partial charge >= 0.3 is 5.97 Å². The van der Waals surface area contributed by atoms with E-state index < -0.39 is 5.97 Å². The summed E-state index contributed by atoms with van der Waals surface area (Å²) in [6.07, 6.45) is 2.56. The van der Waals surface area contributed by atoms with Gasteiger partial charge in [0.05, 0.1) is 40.2 Å². The van der Waals surface area contributed by atoms with Crippen molar-refractivity contribution < 1.29 is 18.7 Å². The van der Waals surface area contributed by atoms with E-state index in [-0.39, 0.29) is 29.5 Å². The number of hydrogen-bond donors (Lipinski definition) is 0. The molecule has 9 heteroatoms. The lowest BCUT2D eigenvalue weighted by Gasteiger charge is -2.20. The molecule has 1 saturated heterocycles. The smallest absolute Gasteiger partial charge is 0.343 e. The van der Waals surface area contributed by atoms with Crippen molar-refractivity contribution >= 4 is 33.2 Å². The second-order valence-corrected chi connectivity index (χ2v) is 11.5. The number of benzene rings is 3. The number of ether oxygens (including phenoxy) is 2. The summed E-state index contributed by atoms with van der Waals surface area (Å²) in [5.41, 5.74) is 4.84. The van der Waals surface area contributed by atoms with E-state index in [2.05, 4.69) is 9.88 Å². The Labute approximate surface area is 246 Å². The van der Waals surface area contributed by atoms with Crippen LogP contribution in [0.2, 0.25) is 0 Å². The van der Waals surface area contributed by atoms with Crippen molar-refractivity contribution in [1.29, 1.82) is 0 Å². The molecule has 1 unspecified atom stereocenters. The predicted octanol–water partition coefficient (Wildman–Crippen LogP) is 6.53. The van der Waals surface area contributed by atoms with Gasteiger partial charge in [-0.2, -0.15) is 0 Å². The number of esters is 1. The second kappa shape index (κ2) is 11.9. The fourth-order valence-corrected chi connectivity index (χ4v) is 6.11. The fraction of sp³-hybridized carbons (Fsp3) is 0.242. The lowest BCUT2D eigenvalue weighted by atomic mass is 10.1. The molecule has 0 spiro atoms. The molecule has 7 nitrogen and oxygen atoms in total. The number of thiazole rings is 1. The van der Waals surface area contributed by atoms with Gasteiger partial charge in [-0.1, -0.05) is 24.3 Å². The number of fused-ring (bicyclic) bond motifs is 1. The molecule has 2 aromatic heterocycles. The molecule has 3 heterocycles. The third kappa shape index (κ3) is 5.84. The van der Waals surface area contributed by atoms with Crippen molar-refractivity contribution in [3.05, 3.63) is 111 Å². The molecule has 0 N–H and O–H groups in total. The number of hydrogen-bond acceptors (Lipinski definition) is 7. The lowest BCUT2D eigenvalue weighted by Crippen LogP contribution is -2.22. The Hall–Kier alpha value is -4.34. The monoisotopic (exact) mass is 583 g/mol. The molecule has 0 saturated carbocycles. The SMILES string of the molecule is CCOC(=O)c1cn(-c2ccc3nc(C)sc3c2)c(-c2ccc(N3CCC(OCc4ccc(F)cc4)C3)cc2)cc1=O. The average Bonchev–Trinajstić information content (AvgIpc) is 3.62. The Balaban J connectivity index is 1.26. The number of aromatic nitrogens is 2. The molecule has 0 aliphatic carbocycles. The first-order chi connectivity index (χ1) is 20.4. The minimum Gasteiger partial charge on any atom is -0.462 e. The Morgan fingerprint density at radius 2 is 1.81 bits per heavy atom. The number of nitrogens with zero attached hydrogens (tertiary/aromatic N) is 3. The Morgan fingerprint density at radius 3 is 2.57 bits per heavy atom. The highest BCUT2D eigenvalue weighted by Crippen LogP contribution is 2.30. The van der Waals surface area contributed by atoms with Crippen LogP contribution in [0.1, 0.15) is 34.3 Å². The highest BCUT2D eigenvalue weighted by Gasteiger charge is 2.24. The summed E-state index contributed by atoms with van der Waals surface area (Å²) in [7, 11) is 0. The van der Waals surface area contributed by atoms with Crippen LogP contribution in [0.25, 0.3) is 27.2 Å². The summed E-state index contributed by atoms with van der Waals surface area (Å²) in [5.74, 6) is -0.893. The number of halogens is 1. The van der Waals surface area contributed by atoms with Gasteiger partial charge in [0.15, 0.2) is 5.43 Å². The Bertz CT molecular complexity index is 1800. The van der Waals surface area contributed by atoms with Crippen LogP contribution < -0.4 is 10.3 Å². The number of aryl methyl sites for hydroxylation is 1. The van der Waals surface area contributed by atoms with Crippen LogP contribution in [-0.2, 0) is 16.1 Å². The van der Waals surface area contributed by atoms with Gasteiger partial charge in [0.1, 0.15) is 11.4 Å². The number of carbonyl (C=O) groups is 1. The van der Waals surface area contributed by atoms with E-state index in [1.54, 1.807) is 36.6 Å². The van der Waals surface area contributed by atoms with Gasteiger partial charge < -0.3 is 18.9 Å². The van der Waals surface area contributed by atoms with Crippen molar-refractivity contribution in [3.8, 4) is 16.9 Å². The molecule has 3 aromatic carbocycles. The number of carbonyl (C=O) groups excluding carboxylic acids is 1. The standard InChI is InChI=1S/C33H30FN3O4S/c1-3-40-33(39)28-19-37(26-12-13-29-32(16-26)42-21(2)35-29)30(17-31(28)38)23-6-10-25(11-7-23)36-15-14-27(18-36)41-20-22-4-8-24(34)9-5-22/h4-13,16-17,19,27H,3,14-15,18,20H2,1-2H3. The van der Waals surface area contributed by atoms with Crippen molar-refractivity contribution in [1.82, 2.24) is 9.55 Å². The average molecular weight is 584 g/mol. The van der Waals surface area contributed by atoms with Gasteiger partial charge in [-0.15, -0.1) is 11.3 Å². The van der Waals surface area contributed by atoms with Gasteiger partial charge in [-0.05, 0) is 73.9 Å². The van der Waals surface area contributed by atoms with Gasteiger partial charge in [-0.25, -0.2) is 14.2 Å². The summed E-state index contributed by atoms with van der Waals surface area (Å²) >= 11 is 1.59. The molecular formula is C33H30FN3O4S. The van der Waals surface area contributed by atoms with Crippen LogP contribution in [-0.4, -0.2) is 41.3 Å². The molecule has 42 heavy (non-hydrogen) atoms. The maximum absolute atomic E-state index is 13.2. The quantitative estimate of drug-likeness (QED) is 0.193. The van der Waals surface area contributed by atoms with Crippen LogP contribution in [0.5, 0.6) is 0 Å². The van der Waals surface area contributed by atoms with E-state index in [1.165, 1.54) is 18.2 Å². The lowest BCUT2D eigenvalue weighted by molar-refractivity contribution is 0.0524. The van der Waals surface area contributed by atoms with E-state index in [4.69, 9.17) is 9.47 Å². The third-order valence-corrected chi connectivity index (χ3v) is 8.31. The third-order valence-electron chi connectivity index (χ3n) is 7.38. The van der Waals surface area contributed by atoms with Crippen LogP contribution in [0.3, 0.4) is 0 Å². The minimum absolute atomic E-state index is 0.0125. The topological polar surface area (TPSA) is 73.7 Å². The molecule has 5 aromatic rings. The maximum Gasteiger partial charge on any atom is 0.343 e. The zero-order valence-corrected chi connectivity index (χ0v) is 24.2. The molecule has 0 amide bonds. The molecule has 1 aliphatic rings. The molecule has 214 valence electrons. The first kappa shape index (κ1) is 27.8. The van der Waals surface area contributed by atoms with Crippen LogP contribution in [0.4, 0.5) is 10.1 Å². The molecule has 6 rings (SSSR count). The molecular weight excluding hydrogens is 553 g/mol. The van der Waals surface area contributed by atoms with E-state index >= 15 is 0 Å². The van der Waals surface area contributed by atoms with Crippen LogP contribution in [0.15, 0.2) is 83.8 Å². The van der Waals surface area contributed by atoms with Crippen molar-refractivity contribution in [2.24, 2.45) is 0 Å². The predicted molar refractivity (Wildman–Crippen MR) is 163 cm³/mol. The molecule has 1 atom stereocenters. The van der Waals surface area contributed by atoms with E-state index in [0.717, 1.165) is 57.2 Å². The first-order valence-corrected chi connectivity index (χ1v) is 14.7. The summed E-state index contributed by atoms with van der Waals surface area (Å²) in [6, 6.07) is 21.9. The van der Waals surface area contributed by atoms with E-state index in [9.17, 15) is 14.0 Å². The van der Waals surface area contributed by atoms with Gasteiger partial charge in [-0.3, -0.25) is 4.79 Å². The Morgan fingerprint density at radius 1 is 1.05 bits per heavy atom. The summed E-state index contributed by atoms with van der Waals surface area (Å²) in [4.78, 5) is 32.5. The van der Waals surface area contributed by atoms with Crippen molar-refractivity contribution in [3.63, 3.8) is 0 Å². The largest absolute Gasteiger partial charge is 0.462 e. The van der Waals surface area contributed by atoms with Crippen LogP contribution >= 0.6 is 11.3 Å². The Kier molecular flexibility index (Phi) is 7.86. The zero-order valence-electron chi connectivity index (χ0n) is 23.4. The molecule has 0 bridgehead atoms. The highest BCUT2D eigenvalue weighted by atomic mass is 32.1. The van der Waals surface area contributed by atoms with Crippen molar-refractivity contribution in [2.75, 3.05) is 24.6 Å². The van der Waals surface area contributed by atoms with E-state index in [1.807, 2.05) is 54.0 Å². The number of rotatable bonds is 8. The molecule has 1 fully saturated rings. The van der Waals surface area contributed by atoms with E-state index in [0.29, 0.717) is 12.3 Å². The highest BCUT2D eigenvalue weighted by molar-refractivity contribution is 7.18. The number of pyridine rings is 1. The van der Waals surface area contributed by atoms with Gasteiger partial charge in [0, 0.05) is 36.7 Å². The molecule has 1 aliphatic heterocycles. The number of anilines is 1. The van der Waals surface area contributed by atoms with Crippen molar-refractivity contribution in [2.45, 2.75) is 33.0 Å². The second-order valence-electron chi connectivity index (χ2n) is 10.3. The first-order valence-electron chi connectivity index (χ1n) is 13.9. The summed E-state index contributed by atoms with van der Waals surface area (Å²) in [6.45, 7) is 5.93. The van der Waals surface area contributed by atoms with Crippen LogP contribution in [0, 0.1) is 12.7 Å². The molecule has 0 radical (unpaired) electrons. The summed E-state index contributed by atoms with van der Waals surface area (Å²) in [5, 5.41) is 0.968. The van der Waals surface area contributed by atoms with Gasteiger partial charge in [0.2, 0.25) is 0 Å². The summed E-state index contributed by atoms with van der Waals surface area (Å²) < 4.78 is 27.3. The fourth-order valence-electron chi connectivity index (χ4n) is 5.25.